The minimum absolute atomic E-state index is 0.308. The van der Waals surface area contributed by atoms with Gasteiger partial charge in [-0.05, 0) is 24.1 Å². The molecule has 1 aromatic carbocycles. The Morgan fingerprint density at radius 1 is 1.30 bits per heavy atom. The highest BCUT2D eigenvalue weighted by molar-refractivity contribution is 5.77. The zero-order valence-corrected chi connectivity index (χ0v) is 11.7. The lowest BCUT2D eigenvalue weighted by Gasteiger charge is -2.18. The van der Waals surface area contributed by atoms with Gasteiger partial charge in [0.1, 0.15) is 6.04 Å². The van der Waals surface area contributed by atoms with Crippen LogP contribution in [0.3, 0.4) is 0 Å². The summed E-state index contributed by atoms with van der Waals surface area (Å²) >= 11 is 0. The zero-order valence-electron chi connectivity index (χ0n) is 11.7. The van der Waals surface area contributed by atoms with Crippen LogP contribution in [-0.4, -0.2) is 18.1 Å². The molecule has 20 heavy (non-hydrogen) atoms. The second-order valence-electron chi connectivity index (χ2n) is 4.55. The van der Waals surface area contributed by atoms with Gasteiger partial charge in [0.25, 0.3) is 0 Å². The molecule has 4 heteroatoms. The summed E-state index contributed by atoms with van der Waals surface area (Å²) in [6.45, 7) is 2.55. The molecule has 0 aliphatic carbocycles. The van der Waals surface area contributed by atoms with E-state index in [1.54, 1.807) is 12.4 Å². The van der Waals surface area contributed by atoms with E-state index in [2.05, 4.69) is 10.3 Å². The summed E-state index contributed by atoms with van der Waals surface area (Å²) in [5.41, 5.74) is 2.97. The van der Waals surface area contributed by atoms with Crippen molar-refractivity contribution in [2.75, 3.05) is 7.11 Å². The fraction of sp³-hybridized carbons (Fsp3) is 0.250. The van der Waals surface area contributed by atoms with Gasteiger partial charge in [0.05, 0.1) is 7.11 Å². The van der Waals surface area contributed by atoms with Crippen LogP contribution in [0.2, 0.25) is 0 Å². The normalized spacial score (nSPS) is 11.9. The summed E-state index contributed by atoms with van der Waals surface area (Å²) in [7, 11) is 1.39. The first kappa shape index (κ1) is 14.2. The highest BCUT2D eigenvalue weighted by atomic mass is 16.5. The first-order chi connectivity index (χ1) is 9.72. The molecular weight excluding hydrogens is 252 g/mol. The minimum atomic E-state index is -0.506. The van der Waals surface area contributed by atoms with Gasteiger partial charge in [-0.15, -0.1) is 0 Å². The molecule has 0 radical (unpaired) electrons. The second kappa shape index (κ2) is 6.82. The van der Waals surface area contributed by atoms with Gasteiger partial charge in [-0.2, -0.15) is 0 Å². The fourth-order valence-electron chi connectivity index (χ4n) is 2.03. The van der Waals surface area contributed by atoms with Gasteiger partial charge >= 0.3 is 5.97 Å². The largest absolute Gasteiger partial charge is 0.468 e. The van der Waals surface area contributed by atoms with Crippen molar-refractivity contribution in [3.8, 4) is 0 Å². The van der Waals surface area contributed by atoms with Crippen molar-refractivity contribution >= 4 is 5.97 Å². The number of nitrogens with zero attached hydrogens (tertiary/aromatic N) is 1. The van der Waals surface area contributed by atoms with Gasteiger partial charge < -0.3 is 4.74 Å². The summed E-state index contributed by atoms with van der Waals surface area (Å²) in [6.07, 6.45) is 3.42. The Bertz CT molecular complexity index is 570. The number of nitrogens with one attached hydrogen (secondary N) is 1. The Balaban J connectivity index is 2.17. The Labute approximate surface area is 118 Å². The number of aryl methyl sites for hydroxylation is 1. The topological polar surface area (TPSA) is 51.2 Å². The van der Waals surface area contributed by atoms with Crippen LogP contribution in [0, 0.1) is 6.92 Å². The van der Waals surface area contributed by atoms with E-state index in [9.17, 15) is 4.79 Å². The lowest BCUT2D eigenvalue weighted by atomic mass is 10.0. The first-order valence-electron chi connectivity index (χ1n) is 6.48. The number of pyridine rings is 1. The van der Waals surface area contributed by atoms with E-state index < -0.39 is 6.04 Å². The van der Waals surface area contributed by atoms with Crippen molar-refractivity contribution in [3.63, 3.8) is 0 Å². The maximum atomic E-state index is 12.0. The van der Waals surface area contributed by atoms with E-state index in [0.29, 0.717) is 6.54 Å². The summed E-state index contributed by atoms with van der Waals surface area (Å²) in [5.74, 6) is -0.308. The summed E-state index contributed by atoms with van der Waals surface area (Å²) < 4.78 is 4.88. The van der Waals surface area contributed by atoms with Gasteiger partial charge in [-0.3, -0.25) is 10.3 Å². The average Bonchev–Trinajstić information content (AvgIpc) is 2.50. The van der Waals surface area contributed by atoms with Crippen LogP contribution >= 0.6 is 0 Å². The first-order valence-corrected chi connectivity index (χ1v) is 6.48. The highest BCUT2D eigenvalue weighted by Crippen LogP contribution is 2.18. The van der Waals surface area contributed by atoms with E-state index in [-0.39, 0.29) is 5.97 Å². The number of aromatic nitrogens is 1. The molecule has 1 heterocycles. The van der Waals surface area contributed by atoms with Crippen LogP contribution < -0.4 is 5.32 Å². The molecule has 0 spiro atoms. The van der Waals surface area contributed by atoms with E-state index in [0.717, 1.165) is 16.7 Å². The summed E-state index contributed by atoms with van der Waals surface area (Å²) in [5, 5.41) is 3.23. The van der Waals surface area contributed by atoms with E-state index in [1.807, 2.05) is 43.3 Å². The molecule has 1 aromatic heterocycles. The number of hydrogen-bond donors (Lipinski definition) is 1. The quantitative estimate of drug-likeness (QED) is 0.848. The van der Waals surface area contributed by atoms with Crippen molar-refractivity contribution in [1.82, 2.24) is 10.3 Å². The number of methoxy groups -OCH3 is 1. The lowest BCUT2D eigenvalue weighted by Crippen LogP contribution is -2.30. The van der Waals surface area contributed by atoms with Crippen molar-refractivity contribution in [2.45, 2.75) is 19.5 Å². The molecule has 1 atom stereocenters. The minimum Gasteiger partial charge on any atom is -0.468 e. The van der Waals surface area contributed by atoms with Crippen LogP contribution in [-0.2, 0) is 16.1 Å². The Morgan fingerprint density at radius 2 is 2.05 bits per heavy atom. The van der Waals surface area contributed by atoms with E-state index in [4.69, 9.17) is 4.74 Å². The molecule has 0 aliphatic rings. The molecule has 2 aromatic rings. The smallest absolute Gasteiger partial charge is 0.327 e. The molecule has 4 nitrogen and oxygen atoms in total. The number of hydrogen-bond acceptors (Lipinski definition) is 4. The fourth-order valence-corrected chi connectivity index (χ4v) is 2.03. The number of ether oxygens (including phenoxy) is 1. The van der Waals surface area contributed by atoms with Crippen LogP contribution in [0.1, 0.15) is 22.7 Å². The maximum absolute atomic E-state index is 12.0. The molecule has 0 bridgehead atoms. The molecule has 0 saturated heterocycles. The van der Waals surface area contributed by atoms with Gasteiger partial charge in [-0.1, -0.05) is 30.3 Å². The van der Waals surface area contributed by atoms with Gasteiger partial charge in [0, 0.05) is 24.5 Å². The van der Waals surface area contributed by atoms with Crippen LogP contribution in [0.25, 0.3) is 0 Å². The Morgan fingerprint density at radius 3 is 2.70 bits per heavy atom. The molecule has 1 N–H and O–H groups in total. The van der Waals surface area contributed by atoms with Crippen molar-refractivity contribution in [3.05, 3.63) is 65.5 Å². The molecular formula is C16H18N2O2. The molecule has 2 rings (SSSR count). The average molecular weight is 270 g/mol. The van der Waals surface area contributed by atoms with E-state index in [1.165, 1.54) is 7.11 Å². The van der Waals surface area contributed by atoms with Crippen molar-refractivity contribution in [2.24, 2.45) is 0 Å². The Hall–Kier alpha value is -2.20. The summed E-state index contributed by atoms with van der Waals surface area (Å²) in [6, 6.07) is 11.3. The third-order valence-electron chi connectivity index (χ3n) is 3.18. The standard InChI is InChI=1S/C16H18N2O2/c1-12-8-9-17-11-14(12)15(16(19)20-2)18-10-13-6-4-3-5-7-13/h3-9,11,15,18H,10H2,1-2H3. The number of rotatable bonds is 5. The zero-order chi connectivity index (χ0) is 14.4. The maximum Gasteiger partial charge on any atom is 0.327 e. The molecule has 0 amide bonds. The van der Waals surface area contributed by atoms with Crippen LogP contribution in [0.15, 0.2) is 48.8 Å². The predicted molar refractivity (Wildman–Crippen MR) is 77.0 cm³/mol. The summed E-state index contributed by atoms with van der Waals surface area (Å²) in [4.78, 5) is 16.1. The highest BCUT2D eigenvalue weighted by Gasteiger charge is 2.22. The molecule has 104 valence electrons. The van der Waals surface area contributed by atoms with Gasteiger partial charge in [0.2, 0.25) is 0 Å². The third-order valence-corrected chi connectivity index (χ3v) is 3.18. The lowest BCUT2D eigenvalue weighted by molar-refractivity contribution is -0.143. The third kappa shape index (κ3) is 3.42. The number of esters is 1. The van der Waals surface area contributed by atoms with Gasteiger partial charge in [0.15, 0.2) is 0 Å². The van der Waals surface area contributed by atoms with Crippen molar-refractivity contribution < 1.29 is 9.53 Å². The number of carbonyl (C=O) groups is 1. The van der Waals surface area contributed by atoms with Crippen molar-refractivity contribution in [1.29, 1.82) is 0 Å². The number of carbonyl (C=O) groups excluding carboxylic acids is 1. The monoisotopic (exact) mass is 270 g/mol. The SMILES string of the molecule is COC(=O)C(NCc1ccccc1)c1cnccc1C. The molecule has 0 aliphatic heterocycles. The van der Waals surface area contributed by atoms with E-state index >= 15 is 0 Å². The molecule has 0 fully saturated rings. The van der Waals surface area contributed by atoms with Crippen LogP contribution in [0.4, 0.5) is 0 Å². The predicted octanol–water partition coefficient (Wildman–Crippen LogP) is 2.39. The molecule has 1 unspecified atom stereocenters. The number of benzene rings is 1. The Kier molecular flexibility index (Phi) is 4.85. The van der Waals surface area contributed by atoms with Gasteiger partial charge in [-0.25, -0.2) is 4.79 Å². The second-order valence-corrected chi connectivity index (χ2v) is 4.55. The van der Waals surface area contributed by atoms with Crippen LogP contribution in [0.5, 0.6) is 0 Å². The molecule has 0 saturated carbocycles.